The van der Waals surface area contributed by atoms with Crippen LogP contribution in [-0.4, -0.2) is 37.2 Å². The van der Waals surface area contributed by atoms with E-state index in [1.54, 1.807) is 0 Å². The number of hydrogen-bond acceptors (Lipinski definition) is 6. The molecular weight excluding hydrogens is 1020 g/mol. The Balaban J connectivity index is 4.09. The van der Waals surface area contributed by atoms with Crippen LogP contribution in [0.3, 0.4) is 0 Å². The molecule has 0 aromatic rings. The normalized spacial score (nSPS) is 12.4. The van der Waals surface area contributed by atoms with Gasteiger partial charge in [0.15, 0.2) is 6.10 Å². The van der Waals surface area contributed by atoms with Crippen molar-refractivity contribution in [2.75, 3.05) is 13.2 Å². The predicted molar refractivity (Wildman–Crippen MR) is 362 cm³/mol. The number of esters is 3. The second kappa shape index (κ2) is 71.6. The van der Waals surface area contributed by atoms with Crippen LogP contribution >= 0.6 is 0 Å². The van der Waals surface area contributed by atoms with Gasteiger partial charge in [0.05, 0.1) is 0 Å². The molecule has 1 unspecified atom stereocenters. The minimum atomic E-state index is -0.783. The van der Waals surface area contributed by atoms with E-state index < -0.39 is 6.10 Å². The number of carbonyl (C=O) groups is 3. The van der Waals surface area contributed by atoms with Crippen molar-refractivity contribution < 1.29 is 28.6 Å². The smallest absolute Gasteiger partial charge is 0.306 e. The van der Waals surface area contributed by atoms with Crippen LogP contribution in [0.2, 0.25) is 0 Å². The van der Waals surface area contributed by atoms with Gasteiger partial charge in [-0.3, -0.25) is 14.4 Å². The number of ether oxygens (including phenoxy) is 3. The molecule has 0 saturated carbocycles. The molecule has 1 atom stereocenters. The molecule has 83 heavy (non-hydrogen) atoms. The second-order valence-corrected chi connectivity index (χ2v) is 24.8. The lowest BCUT2D eigenvalue weighted by molar-refractivity contribution is -0.167. The van der Waals surface area contributed by atoms with E-state index in [0.717, 1.165) is 89.9 Å². The minimum absolute atomic E-state index is 0.0779. The molecule has 0 spiro atoms. The summed E-state index contributed by atoms with van der Waals surface area (Å²) in [7, 11) is 0. The Morgan fingerprint density at radius 1 is 0.253 bits per heavy atom. The Morgan fingerprint density at radius 3 is 0.747 bits per heavy atom. The van der Waals surface area contributed by atoms with E-state index in [-0.39, 0.29) is 31.1 Å². The van der Waals surface area contributed by atoms with Crippen LogP contribution in [0.25, 0.3) is 0 Å². The zero-order chi connectivity index (χ0) is 59.9. The molecular formula is C77H140O6. The van der Waals surface area contributed by atoms with Crippen molar-refractivity contribution in [2.24, 2.45) is 0 Å². The van der Waals surface area contributed by atoms with E-state index in [4.69, 9.17) is 14.2 Å². The highest BCUT2D eigenvalue weighted by Crippen LogP contribution is 2.19. The predicted octanol–water partition coefficient (Wildman–Crippen LogP) is 25.5. The van der Waals surface area contributed by atoms with Crippen LogP contribution in [0, 0.1) is 0 Å². The van der Waals surface area contributed by atoms with Gasteiger partial charge in [0.1, 0.15) is 13.2 Å². The van der Waals surface area contributed by atoms with Crippen LogP contribution < -0.4 is 0 Å². The summed E-state index contributed by atoms with van der Waals surface area (Å²) in [4.78, 5) is 38.4. The Bertz CT molecular complexity index is 1470. The van der Waals surface area contributed by atoms with Gasteiger partial charge in [0.25, 0.3) is 0 Å². The zero-order valence-electron chi connectivity index (χ0n) is 55.7. The summed E-state index contributed by atoms with van der Waals surface area (Å²) in [5.74, 6) is -0.883. The minimum Gasteiger partial charge on any atom is -0.462 e. The van der Waals surface area contributed by atoms with Crippen molar-refractivity contribution in [3.63, 3.8) is 0 Å². The monoisotopic (exact) mass is 1160 g/mol. The maximum absolute atomic E-state index is 12.9. The highest BCUT2D eigenvalue weighted by Gasteiger charge is 2.19. The van der Waals surface area contributed by atoms with Gasteiger partial charge in [-0.2, -0.15) is 0 Å². The fraction of sp³-hybridized carbons (Fsp3) is 0.831. The highest BCUT2D eigenvalue weighted by molar-refractivity contribution is 5.71. The maximum Gasteiger partial charge on any atom is 0.306 e. The SMILES string of the molecule is CC/C=C\C/C=C\C/C=C\CCCCCC(=O)OCC(COC(=O)CCCCCCCCCCCCCCCCCCCCCCCCC/C=C\C/C=C\CCCCCCC)OC(=O)CCCCCCCCCCCCCCCCCCC. The molecule has 0 radical (unpaired) electrons. The van der Waals surface area contributed by atoms with Crippen molar-refractivity contribution in [3.05, 3.63) is 60.8 Å². The molecule has 0 fully saturated rings. The first-order valence-electron chi connectivity index (χ1n) is 36.8. The fourth-order valence-electron chi connectivity index (χ4n) is 11.0. The van der Waals surface area contributed by atoms with Gasteiger partial charge in [0.2, 0.25) is 0 Å². The summed E-state index contributed by atoms with van der Waals surface area (Å²) in [6.45, 7) is 6.55. The van der Waals surface area contributed by atoms with Gasteiger partial charge in [-0.1, -0.05) is 351 Å². The summed E-state index contributed by atoms with van der Waals surface area (Å²) < 4.78 is 16.9. The fourth-order valence-corrected chi connectivity index (χ4v) is 11.0. The van der Waals surface area contributed by atoms with Crippen LogP contribution in [0.15, 0.2) is 60.8 Å². The maximum atomic E-state index is 12.9. The molecule has 6 heteroatoms. The molecule has 0 aliphatic rings. The van der Waals surface area contributed by atoms with Gasteiger partial charge in [-0.05, 0) is 83.5 Å². The van der Waals surface area contributed by atoms with Gasteiger partial charge in [-0.15, -0.1) is 0 Å². The Morgan fingerprint density at radius 2 is 0.470 bits per heavy atom. The number of allylic oxidation sites excluding steroid dienone is 10. The molecule has 0 rings (SSSR count). The van der Waals surface area contributed by atoms with Crippen molar-refractivity contribution in [1.82, 2.24) is 0 Å². The number of unbranched alkanes of at least 4 members (excludes halogenated alkanes) is 47. The summed E-state index contributed by atoms with van der Waals surface area (Å²) in [5.41, 5.74) is 0. The number of hydrogen-bond donors (Lipinski definition) is 0. The van der Waals surface area contributed by atoms with Gasteiger partial charge in [-0.25, -0.2) is 0 Å². The lowest BCUT2D eigenvalue weighted by Gasteiger charge is -2.18. The molecule has 0 heterocycles. The summed E-state index contributed by atoms with van der Waals surface area (Å²) in [6, 6.07) is 0. The van der Waals surface area contributed by atoms with E-state index in [1.807, 2.05) is 0 Å². The first-order chi connectivity index (χ1) is 41.0. The van der Waals surface area contributed by atoms with E-state index in [1.165, 1.54) is 263 Å². The molecule has 484 valence electrons. The van der Waals surface area contributed by atoms with E-state index in [9.17, 15) is 14.4 Å². The molecule has 0 aromatic carbocycles. The van der Waals surface area contributed by atoms with Gasteiger partial charge >= 0.3 is 17.9 Å². The van der Waals surface area contributed by atoms with Crippen molar-refractivity contribution in [3.8, 4) is 0 Å². The van der Waals surface area contributed by atoms with Crippen LogP contribution in [-0.2, 0) is 28.6 Å². The average Bonchev–Trinajstić information content (AvgIpc) is 3.49. The van der Waals surface area contributed by atoms with Crippen LogP contribution in [0.4, 0.5) is 0 Å². The molecule has 0 saturated heterocycles. The summed E-state index contributed by atoms with van der Waals surface area (Å²) >= 11 is 0. The molecule has 0 aromatic heterocycles. The van der Waals surface area contributed by atoms with Crippen LogP contribution in [0.1, 0.15) is 393 Å². The standard InChI is InChI=1S/C77H140O6/c1-4-7-10-13-16-19-22-25-27-29-30-31-32-33-34-35-36-37-38-39-40-41-42-43-44-45-46-48-49-52-55-58-61-64-67-70-76(79)82-73-74(72-81-75(78)69-66-63-60-57-54-51-24-21-18-15-12-9-6-3)83-77(80)71-68-65-62-59-56-53-50-47-28-26-23-20-17-14-11-8-5-2/h9,12,18,21-22,25,29-30,51,54,74H,4-8,10-11,13-17,19-20,23-24,26-28,31-50,52-53,55-73H2,1-3H3/b12-9-,21-18-,25-22-,30-29-,54-51-. The largest absolute Gasteiger partial charge is 0.462 e. The first-order valence-corrected chi connectivity index (χ1v) is 36.8. The third kappa shape index (κ3) is 69.8. The Labute approximate surface area is 517 Å². The highest BCUT2D eigenvalue weighted by atomic mass is 16.6. The lowest BCUT2D eigenvalue weighted by Crippen LogP contribution is -2.30. The Kier molecular flexibility index (Phi) is 69.1. The Hall–Kier alpha value is -2.89. The molecule has 0 aliphatic carbocycles. The molecule has 0 N–H and O–H groups in total. The molecule has 0 amide bonds. The second-order valence-electron chi connectivity index (χ2n) is 24.8. The quantitative estimate of drug-likeness (QED) is 0.0261. The third-order valence-corrected chi connectivity index (χ3v) is 16.5. The zero-order valence-corrected chi connectivity index (χ0v) is 55.7. The first kappa shape index (κ1) is 80.1. The molecule has 0 bridgehead atoms. The van der Waals surface area contributed by atoms with Crippen molar-refractivity contribution in [1.29, 1.82) is 0 Å². The lowest BCUT2D eigenvalue weighted by atomic mass is 10.0. The summed E-state index contributed by atoms with van der Waals surface area (Å²) in [6.07, 6.45) is 92.8. The topological polar surface area (TPSA) is 78.9 Å². The van der Waals surface area contributed by atoms with Gasteiger partial charge in [0, 0.05) is 19.3 Å². The van der Waals surface area contributed by atoms with E-state index >= 15 is 0 Å². The van der Waals surface area contributed by atoms with Crippen molar-refractivity contribution >= 4 is 17.9 Å². The molecule has 6 nitrogen and oxygen atoms in total. The summed E-state index contributed by atoms with van der Waals surface area (Å²) in [5, 5.41) is 0. The average molecular weight is 1160 g/mol. The van der Waals surface area contributed by atoms with E-state index in [0.29, 0.717) is 19.3 Å². The van der Waals surface area contributed by atoms with Gasteiger partial charge < -0.3 is 14.2 Å². The number of rotatable bonds is 68. The van der Waals surface area contributed by atoms with Crippen LogP contribution in [0.5, 0.6) is 0 Å². The third-order valence-electron chi connectivity index (χ3n) is 16.5. The van der Waals surface area contributed by atoms with Crippen molar-refractivity contribution in [2.45, 2.75) is 399 Å². The van der Waals surface area contributed by atoms with E-state index in [2.05, 4.69) is 81.5 Å². The number of carbonyl (C=O) groups excluding carboxylic acids is 3. The molecule has 0 aliphatic heterocycles.